The molecule has 1 saturated heterocycles. The monoisotopic (exact) mass is 289 g/mol. The number of rotatable bonds is 2. The van der Waals surface area contributed by atoms with Crippen LogP contribution in [0.2, 0.25) is 0 Å². The van der Waals surface area contributed by atoms with Crippen molar-refractivity contribution in [3.05, 3.63) is 28.5 Å². The fourth-order valence-electron chi connectivity index (χ4n) is 1.73. The Hall–Kier alpha value is -0.530. The Balaban J connectivity index is 2.19. The van der Waals surface area contributed by atoms with E-state index in [9.17, 15) is 10.2 Å². The predicted molar refractivity (Wildman–Crippen MR) is 58.7 cm³/mol. The molecule has 1 aromatic rings. The minimum absolute atomic E-state index is 0.321. The lowest BCUT2D eigenvalue weighted by Crippen LogP contribution is -2.32. The first kappa shape index (κ1) is 11.9. The van der Waals surface area contributed by atoms with Crippen LogP contribution in [-0.4, -0.2) is 45.2 Å². The summed E-state index contributed by atoms with van der Waals surface area (Å²) in [6.07, 6.45) is -1.94. The van der Waals surface area contributed by atoms with E-state index in [1.165, 1.54) is 0 Å². The SMILES string of the molecule is OC[C@H]1OC(c2ccc(Br)nc2)[C@H](O)[C@@H]1O. The first-order chi connectivity index (χ1) is 7.63. The standard InChI is InChI=1S/C10H12BrNO4/c11-7-2-1-5(3-12-7)10-9(15)8(14)6(4-13)16-10/h1-3,6,8-10,13-15H,4H2/t6-,8-,9-,10?/m1/s1. The Kier molecular flexibility index (Phi) is 3.56. The number of aromatic nitrogens is 1. The van der Waals surface area contributed by atoms with Crippen LogP contribution in [0, 0.1) is 0 Å². The van der Waals surface area contributed by atoms with Crippen LogP contribution in [0.5, 0.6) is 0 Å². The molecule has 0 radical (unpaired) electrons. The van der Waals surface area contributed by atoms with Crippen molar-refractivity contribution < 1.29 is 20.1 Å². The van der Waals surface area contributed by atoms with Crippen LogP contribution in [0.4, 0.5) is 0 Å². The highest BCUT2D eigenvalue weighted by molar-refractivity contribution is 9.10. The molecule has 1 aliphatic rings. The topological polar surface area (TPSA) is 82.8 Å². The zero-order chi connectivity index (χ0) is 11.7. The zero-order valence-corrected chi connectivity index (χ0v) is 9.91. The van der Waals surface area contributed by atoms with Crippen LogP contribution in [0.15, 0.2) is 22.9 Å². The maximum absolute atomic E-state index is 9.76. The van der Waals surface area contributed by atoms with Gasteiger partial charge in [0.05, 0.1) is 6.61 Å². The summed E-state index contributed by atoms with van der Waals surface area (Å²) in [7, 11) is 0. The van der Waals surface area contributed by atoms with Gasteiger partial charge in [0.25, 0.3) is 0 Å². The summed E-state index contributed by atoms with van der Waals surface area (Å²) < 4.78 is 6.04. The molecule has 5 nitrogen and oxygen atoms in total. The molecule has 0 spiro atoms. The van der Waals surface area contributed by atoms with Gasteiger partial charge in [-0.1, -0.05) is 6.07 Å². The second kappa shape index (κ2) is 4.77. The van der Waals surface area contributed by atoms with E-state index in [4.69, 9.17) is 9.84 Å². The fourth-order valence-corrected chi connectivity index (χ4v) is 1.97. The van der Waals surface area contributed by atoms with E-state index in [1.807, 2.05) is 0 Å². The average molecular weight is 290 g/mol. The van der Waals surface area contributed by atoms with Gasteiger partial charge in [-0.25, -0.2) is 4.98 Å². The molecule has 2 heterocycles. The molecule has 0 aromatic carbocycles. The van der Waals surface area contributed by atoms with Gasteiger partial charge in [-0.05, 0) is 22.0 Å². The molecule has 1 fully saturated rings. The van der Waals surface area contributed by atoms with Crippen molar-refractivity contribution in [3.63, 3.8) is 0 Å². The molecule has 3 N–H and O–H groups in total. The Morgan fingerprint density at radius 3 is 2.56 bits per heavy atom. The number of aliphatic hydroxyl groups is 3. The summed E-state index contributed by atoms with van der Waals surface area (Å²) in [6.45, 7) is -0.321. The fraction of sp³-hybridized carbons (Fsp3) is 0.500. The molecule has 1 aromatic heterocycles. The van der Waals surface area contributed by atoms with Gasteiger partial charge in [-0.2, -0.15) is 0 Å². The lowest BCUT2D eigenvalue weighted by atomic mass is 10.0. The molecule has 2 rings (SSSR count). The van der Waals surface area contributed by atoms with E-state index >= 15 is 0 Å². The smallest absolute Gasteiger partial charge is 0.113 e. The Bertz CT molecular complexity index is 358. The lowest BCUT2D eigenvalue weighted by molar-refractivity contribution is -0.0228. The van der Waals surface area contributed by atoms with Crippen LogP contribution in [0.1, 0.15) is 11.7 Å². The van der Waals surface area contributed by atoms with Crippen molar-refractivity contribution in [1.29, 1.82) is 0 Å². The van der Waals surface area contributed by atoms with Gasteiger partial charge in [0.15, 0.2) is 0 Å². The van der Waals surface area contributed by atoms with E-state index in [-0.39, 0.29) is 6.61 Å². The molecule has 0 amide bonds. The number of hydrogen-bond donors (Lipinski definition) is 3. The molecule has 1 aliphatic heterocycles. The van der Waals surface area contributed by atoms with Crippen molar-refractivity contribution in [2.75, 3.05) is 6.61 Å². The predicted octanol–water partition coefficient (Wildman–Crippen LogP) is -0.00190. The van der Waals surface area contributed by atoms with Crippen LogP contribution < -0.4 is 0 Å². The molecule has 0 bridgehead atoms. The van der Waals surface area contributed by atoms with Crippen molar-refractivity contribution in [3.8, 4) is 0 Å². The van der Waals surface area contributed by atoms with Crippen molar-refractivity contribution in [2.45, 2.75) is 24.4 Å². The average Bonchev–Trinajstić information content (AvgIpc) is 2.57. The summed E-state index contributed by atoms with van der Waals surface area (Å²) in [6, 6.07) is 3.47. The molecule has 16 heavy (non-hydrogen) atoms. The Labute approximate surface area is 101 Å². The van der Waals surface area contributed by atoms with Crippen LogP contribution >= 0.6 is 15.9 Å². The molecule has 1 unspecified atom stereocenters. The molecule has 88 valence electrons. The molecular formula is C10H12BrNO4. The normalized spacial score (nSPS) is 34.2. The summed E-state index contributed by atoms with van der Waals surface area (Å²) in [5.41, 5.74) is 0.672. The highest BCUT2D eigenvalue weighted by Gasteiger charge is 2.42. The molecule has 0 aliphatic carbocycles. The number of nitrogens with zero attached hydrogens (tertiary/aromatic N) is 1. The van der Waals surface area contributed by atoms with Gasteiger partial charge >= 0.3 is 0 Å². The zero-order valence-electron chi connectivity index (χ0n) is 8.32. The number of pyridine rings is 1. The first-order valence-corrected chi connectivity index (χ1v) is 5.66. The highest BCUT2D eigenvalue weighted by atomic mass is 79.9. The van der Waals surface area contributed by atoms with Gasteiger partial charge < -0.3 is 20.1 Å². The third-order valence-corrected chi connectivity index (χ3v) is 3.09. The quantitative estimate of drug-likeness (QED) is 0.668. The van der Waals surface area contributed by atoms with E-state index in [2.05, 4.69) is 20.9 Å². The molecule has 6 heteroatoms. The van der Waals surface area contributed by atoms with Crippen LogP contribution in [0.3, 0.4) is 0 Å². The second-order valence-corrected chi connectivity index (χ2v) is 4.49. The number of hydrogen-bond acceptors (Lipinski definition) is 5. The number of ether oxygens (including phenoxy) is 1. The lowest BCUT2D eigenvalue weighted by Gasteiger charge is -2.14. The third kappa shape index (κ3) is 2.11. The van der Waals surface area contributed by atoms with Crippen LogP contribution in [0.25, 0.3) is 0 Å². The van der Waals surface area contributed by atoms with Gasteiger partial charge in [0.1, 0.15) is 29.0 Å². The Morgan fingerprint density at radius 1 is 1.31 bits per heavy atom. The highest BCUT2D eigenvalue weighted by Crippen LogP contribution is 2.33. The summed E-state index contributed by atoms with van der Waals surface area (Å²) >= 11 is 3.20. The van der Waals surface area contributed by atoms with Gasteiger partial charge in [-0.15, -0.1) is 0 Å². The second-order valence-electron chi connectivity index (χ2n) is 3.67. The van der Waals surface area contributed by atoms with E-state index in [0.717, 1.165) is 0 Å². The number of halogens is 1. The third-order valence-electron chi connectivity index (χ3n) is 2.62. The van der Waals surface area contributed by atoms with E-state index < -0.39 is 24.4 Å². The summed E-state index contributed by atoms with van der Waals surface area (Å²) in [5.74, 6) is 0. The summed E-state index contributed by atoms with van der Waals surface area (Å²) in [5, 5.41) is 28.3. The Morgan fingerprint density at radius 2 is 2.06 bits per heavy atom. The minimum Gasteiger partial charge on any atom is -0.394 e. The van der Waals surface area contributed by atoms with Crippen LogP contribution in [-0.2, 0) is 4.74 Å². The maximum atomic E-state index is 9.76. The van der Waals surface area contributed by atoms with Gasteiger partial charge in [-0.3, -0.25) is 0 Å². The van der Waals surface area contributed by atoms with Crippen molar-refractivity contribution in [2.24, 2.45) is 0 Å². The molecule has 0 saturated carbocycles. The van der Waals surface area contributed by atoms with Gasteiger partial charge in [0, 0.05) is 11.8 Å². The van der Waals surface area contributed by atoms with Gasteiger partial charge in [0.2, 0.25) is 0 Å². The van der Waals surface area contributed by atoms with E-state index in [0.29, 0.717) is 10.2 Å². The number of aliphatic hydroxyl groups excluding tert-OH is 3. The largest absolute Gasteiger partial charge is 0.394 e. The molecule has 4 atom stereocenters. The molecular weight excluding hydrogens is 278 g/mol. The van der Waals surface area contributed by atoms with Crippen molar-refractivity contribution >= 4 is 15.9 Å². The minimum atomic E-state index is -1.07. The summed E-state index contributed by atoms with van der Waals surface area (Å²) in [4.78, 5) is 4.02. The van der Waals surface area contributed by atoms with E-state index in [1.54, 1.807) is 18.3 Å². The maximum Gasteiger partial charge on any atom is 0.113 e. The first-order valence-electron chi connectivity index (χ1n) is 4.87. The van der Waals surface area contributed by atoms with Crippen molar-refractivity contribution in [1.82, 2.24) is 4.98 Å².